The first kappa shape index (κ1) is 11.6. The molecular formula is C10H10O4P+. The fourth-order valence-electron chi connectivity index (χ4n) is 1.15. The lowest BCUT2D eigenvalue weighted by atomic mass is 10.1. The molecule has 1 rings (SSSR count). The van der Waals surface area contributed by atoms with E-state index in [-0.39, 0.29) is 17.3 Å². The van der Waals surface area contributed by atoms with Gasteiger partial charge in [-0.3, -0.25) is 0 Å². The van der Waals surface area contributed by atoms with Crippen molar-refractivity contribution in [2.24, 2.45) is 0 Å². The van der Waals surface area contributed by atoms with Gasteiger partial charge in [0.25, 0.3) is 0 Å². The zero-order valence-corrected chi connectivity index (χ0v) is 8.78. The minimum absolute atomic E-state index is 0.000648. The van der Waals surface area contributed by atoms with E-state index in [1.165, 1.54) is 6.07 Å². The van der Waals surface area contributed by atoms with Crippen LogP contribution in [0.15, 0.2) is 36.4 Å². The number of benzene rings is 1. The lowest BCUT2D eigenvalue weighted by Gasteiger charge is -2.00. The number of carbonyl (C=O) groups is 1. The van der Waals surface area contributed by atoms with Gasteiger partial charge in [0.2, 0.25) is 5.30 Å². The van der Waals surface area contributed by atoms with E-state index in [1.54, 1.807) is 18.2 Å². The zero-order valence-electron chi connectivity index (χ0n) is 7.88. The van der Waals surface area contributed by atoms with Crippen LogP contribution in [0.5, 0.6) is 0 Å². The van der Waals surface area contributed by atoms with Crippen LogP contribution in [0.2, 0.25) is 0 Å². The molecule has 0 heterocycles. The van der Waals surface area contributed by atoms with Crippen LogP contribution in [0.3, 0.4) is 0 Å². The molecule has 0 saturated heterocycles. The first-order chi connectivity index (χ1) is 7.02. The Morgan fingerprint density at radius 2 is 2.00 bits per heavy atom. The molecule has 0 bridgehead atoms. The molecule has 0 fully saturated rings. The third-order valence-corrected chi connectivity index (χ3v) is 2.75. The summed E-state index contributed by atoms with van der Waals surface area (Å²) in [4.78, 5) is 19.5. The Kier molecular flexibility index (Phi) is 3.72. The second-order valence-electron chi connectivity index (χ2n) is 2.99. The highest BCUT2D eigenvalue weighted by Gasteiger charge is 2.21. The van der Waals surface area contributed by atoms with Crippen molar-refractivity contribution in [3.63, 3.8) is 0 Å². The van der Waals surface area contributed by atoms with E-state index in [0.29, 0.717) is 5.56 Å². The van der Waals surface area contributed by atoms with E-state index in [4.69, 9.17) is 10.00 Å². The third-order valence-electron chi connectivity index (χ3n) is 1.90. The predicted octanol–water partition coefficient (Wildman–Crippen LogP) is 1.23. The van der Waals surface area contributed by atoms with Crippen LogP contribution in [0.25, 0.3) is 0 Å². The third kappa shape index (κ3) is 2.98. The van der Waals surface area contributed by atoms with Crippen LogP contribution in [-0.2, 0) is 15.8 Å². The van der Waals surface area contributed by atoms with Crippen molar-refractivity contribution in [2.45, 2.75) is 6.42 Å². The van der Waals surface area contributed by atoms with E-state index < -0.39 is 14.0 Å². The summed E-state index contributed by atoms with van der Waals surface area (Å²) in [7, 11) is -2.45. The summed E-state index contributed by atoms with van der Waals surface area (Å²) in [6.45, 7) is 3.37. The van der Waals surface area contributed by atoms with Gasteiger partial charge >= 0.3 is 14.0 Å². The Morgan fingerprint density at radius 3 is 2.53 bits per heavy atom. The molecule has 0 radical (unpaired) electrons. The molecule has 1 unspecified atom stereocenters. The average molecular weight is 225 g/mol. The lowest BCUT2D eigenvalue weighted by Crippen LogP contribution is -2.09. The zero-order chi connectivity index (χ0) is 11.4. The number of hydrogen-bond donors (Lipinski definition) is 2. The topological polar surface area (TPSA) is 74.6 Å². The molecule has 0 aliphatic heterocycles. The van der Waals surface area contributed by atoms with E-state index in [2.05, 4.69) is 6.58 Å². The quantitative estimate of drug-likeness (QED) is 0.597. The molecule has 1 aromatic rings. The number of aliphatic carboxylic acids is 1. The average Bonchev–Trinajstić information content (AvgIpc) is 2.18. The highest BCUT2D eigenvalue weighted by atomic mass is 31.1. The standard InChI is InChI=1S/C10H9O4P/c1-7(10(11)12)6-8-4-2-3-5-9(8)15(13)14/h2-5H,1,6H2,(H-,11,12,13,14)/p+1. The molecule has 1 atom stereocenters. The van der Waals surface area contributed by atoms with Gasteiger partial charge in [-0.1, -0.05) is 24.8 Å². The van der Waals surface area contributed by atoms with Crippen molar-refractivity contribution in [3.8, 4) is 0 Å². The minimum Gasteiger partial charge on any atom is -0.478 e. The van der Waals surface area contributed by atoms with E-state index in [0.717, 1.165) is 0 Å². The maximum atomic E-state index is 10.9. The predicted molar refractivity (Wildman–Crippen MR) is 56.4 cm³/mol. The smallest absolute Gasteiger partial charge is 0.478 e. The van der Waals surface area contributed by atoms with Gasteiger partial charge in [0, 0.05) is 17.6 Å². The van der Waals surface area contributed by atoms with Crippen LogP contribution in [0, 0.1) is 0 Å². The highest BCUT2D eigenvalue weighted by molar-refractivity contribution is 7.47. The Labute approximate surface area is 87.7 Å². The van der Waals surface area contributed by atoms with Gasteiger partial charge in [0.15, 0.2) is 0 Å². The highest BCUT2D eigenvalue weighted by Crippen LogP contribution is 2.17. The van der Waals surface area contributed by atoms with Crippen molar-refractivity contribution in [2.75, 3.05) is 0 Å². The monoisotopic (exact) mass is 225 g/mol. The molecule has 0 saturated carbocycles. The first-order valence-electron chi connectivity index (χ1n) is 4.17. The molecule has 2 N–H and O–H groups in total. The second kappa shape index (κ2) is 4.82. The number of hydrogen-bond acceptors (Lipinski definition) is 2. The van der Waals surface area contributed by atoms with E-state index in [9.17, 15) is 9.36 Å². The summed E-state index contributed by atoms with van der Waals surface area (Å²) in [5.74, 6) is -1.10. The van der Waals surface area contributed by atoms with Gasteiger partial charge in [-0.25, -0.2) is 4.79 Å². The molecule has 0 aliphatic rings. The normalized spacial score (nSPS) is 10.9. The SMILES string of the molecule is C=C(Cc1ccccc1[P+](=O)O)C(=O)O. The Balaban J connectivity index is 2.99. The molecule has 0 aliphatic carbocycles. The summed E-state index contributed by atoms with van der Waals surface area (Å²) in [6.07, 6.45) is 0.0765. The van der Waals surface area contributed by atoms with Gasteiger partial charge in [0.1, 0.15) is 0 Å². The minimum atomic E-state index is -2.45. The molecule has 78 valence electrons. The molecule has 5 heteroatoms. The summed E-state index contributed by atoms with van der Waals surface area (Å²) in [5, 5.41) is 8.90. The fourth-order valence-corrected chi connectivity index (χ4v) is 1.77. The molecule has 15 heavy (non-hydrogen) atoms. The molecular weight excluding hydrogens is 215 g/mol. The van der Waals surface area contributed by atoms with Crippen molar-refractivity contribution >= 4 is 19.3 Å². The van der Waals surface area contributed by atoms with Crippen LogP contribution < -0.4 is 5.30 Å². The maximum absolute atomic E-state index is 10.9. The van der Waals surface area contributed by atoms with Gasteiger partial charge < -0.3 is 5.11 Å². The van der Waals surface area contributed by atoms with Crippen LogP contribution in [0.1, 0.15) is 5.56 Å². The number of carboxylic acids is 1. The van der Waals surface area contributed by atoms with Gasteiger partial charge in [-0.2, -0.15) is 4.89 Å². The lowest BCUT2D eigenvalue weighted by molar-refractivity contribution is -0.132. The summed E-state index contributed by atoms with van der Waals surface area (Å²) >= 11 is 0. The number of rotatable bonds is 4. The van der Waals surface area contributed by atoms with Gasteiger partial charge in [-0.15, -0.1) is 0 Å². The van der Waals surface area contributed by atoms with Gasteiger partial charge in [0.05, 0.1) is 0 Å². The first-order valence-corrected chi connectivity index (χ1v) is 5.38. The molecule has 0 aromatic heterocycles. The molecule has 0 spiro atoms. The molecule has 0 amide bonds. The van der Waals surface area contributed by atoms with Gasteiger partial charge in [-0.05, 0) is 10.6 Å². The summed E-state index contributed by atoms with van der Waals surface area (Å²) in [6, 6.07) is 6.44. The fraction of sp³-hybridized carbons (Fsp3) is 0.100. The van der Waals surface area contributed by atoms with Crippen molar-refractivity contribution in [1.29, 1.82) is 0 Å². The van der Waals surface area contributed by atoms with Crippen LogP contribution in [-0.4, -0.2) is 16.0 Å². The Hall–Kier alpha value is -1.51. The van der Waals surface area contributed by atoms with Crippen molar-refractivity contribution in [3.05, 3.63) is 42.0 Å². The van der Waals surface area contributed by atoms with Crippen molar-refractivity contribution < 1.29 is 19.4 Å². The van der Waals surface area contributed by atoms with E-state index >= 15 is 0 Å². The molecule has 4 nitrogen and oxygen atoms in total. The van der Waals surface area contributed by atoms with Crippen LogP contribution >= 0.6 is 8.03 Å². The Bertz CT molecular complexity index is 425. The number of carboxylic acid groups (broad SMARTS) is 1. The largest absolute Gasteiger partial charge is 0.546 e. The summed E-state index contributed by atoms with van der Waals surface area (Å²) < 4.78 is 10.9. The summed E-state index contributed by atoms with van der Waals surface area (Å²) in [5.41, 5.74) is 0.521. The molecule has 1 aromatic carbocycles. The van der Waals surface area contributed by atoms with E-state index in [1.807, 2.05) is 0 Å². The Morgan fingerprint density at radius 1 is 1.40 bits per heavy atom. The maximum Gasteiger partial charge on any atom is 0.546 e. The van der Waals surface area contributed by atoms with Crippen molar-refractivity contribution in [1.82, 2.24) is 0 Å². The van der Waals surface area contributed by atoms with Crippen LogP contribution in [0.4, 0.5) is 0 Å². The second-order valence-corrected chi connectivity index (χ2v) is 4.01.